The summed E-state index contributed by atoms with van der Waals surface area (Å²) in [5, 5.41) is 4.41. The molecule has 0 spiro atoms. The van der Waals surface area contributed by atoms with Gasteiger partial charge in [-0.2, -0.15) is 5.10 Å². The van der Waals surface area contributed by atoms with E-state index >= 15 is 0 Å². The van der Waals surface area contributed by atoms with E-state index < -0.39 is 0 Å². The fourth-order valence-electron chi connectivity index (χ4n) is 3.52. The molecule has 0 aliphatic heterocycles. The summed E-state index contributed by atoms with van der Waals surface area (Å²) in [5.74, 6) is 1.49. The van der Waals surface area contributed by atoms with Gasteiger partial charge in [-0.25, -0.2) is 0 Å². The van der Waals surface area contributed by atoms with Crippen LogP contribution in [0.4, 0.5) is 0 Å². The Morgan fingerprint density at radius 1 is 1.30 bits per heavy atom. The van der Waals surface area contributed by atoms with Crippen LogP contribution in [0.25, 0.3) is 0 Å². The summed E-state index contributed by atoms with van der Waals surface area (Å²) >= 11 is 0. The summed E-state index contributed by atoms with van der Waals surface area (Å²) in [6.07, 6.45) is 10.4. The molecule has 0 amide bonds. The Bertz CT molecular complexity index is 408. The first kappa shape index (κ1) is 15.6. The van der Waals surface area contributed by atoms with E-state index in [4.69, 9.17) is 5.73 Å². The number of aromatic nitrogens is 2. The maximum absolute atomic E-state index is 6.48. The third kappa shape index (κ3) is 3.63. The van der Waals surface area contributed by atoms with Gasteiger partial charge in [0, 0.05) is 24.3 Å². The quantitative estimate of drug-likeness (QED) is 0.898. The summed E-state index contributed by atoms with van der Waals surface area (Å²) < 4.78 is 2.02. The van der Waals surface area contributed by atoms with Crippen molar-refractivity contribution in [1.29, 1.82) is 0 Å². The molecule has 0 saturated heterocycles. The second-order valence-corrected chi connectivity index (χ2v) is 7.54. The van der Waals surface area contributed by atoms with Gasteiger partial charge < -0.3 is 5.73 Å². The first-order chi connectivity index (χ1) is 9.41. The molecule has 1 aliphatic carbocycles. The Balaban J connectivity index is 1.92. The van der Waals surface area contributed by atoms with Crippen LogP contribution in [-0.4, -0.2) is 9.78 Å². The van der Waals surface area contributed by atoms with Crippen molar-refractivity contribution in [3.63, 3.8) is 0 Å². The summed E-state index contributed by atoms with van der Waals surface area (Å²) in [6, 6.07) is 0.168. The van der Waals surface area contributed by atoms with Crippen LogP contribution in [-0.2, 0) is 6.54 Å². The van der Waals surface area contributed by atoms with Crippen LogP contribution in [0.5, 0.6) is 0 Å². The Labute approximate surface area is 123 Å². The number of hydrogen-bond donors (Lipinski definition) is 1. The predicted octanol–water partition coefficient (Wildman–Crippen LogP) is 4.15. The van der Waals surface area contributed by atoms with Crippen molar-refractivity contribution in [2.24, 2.45) is 23.0 Å². The molecule has 1 heterocycles. The topological polar surface area (TPSA) is 43.8 Å². The van der Waals surface area contributed by atoms with Crippen LogP contribution in [0, 0.1) is 17.3 Å². The molecule has 1 aromatic heterocycles. The second-order valence-electron chi connectivity index (χ2n) is 7.54. The van der Waals surface area contributed by atoms with Gasteiger partial charge in [0.25, 0.3) is 0 Å². The van der Waals surface area contributed by atoms with Crippen molar-refractivity contribution < 1.29 is 0 Å². The first-order valence-corrected chi connectivity index (χ1v) is 8.19. The lowest BCUT2D eigenvalue weighted by atomic mass is 9.68. The van der Waals surface area contributed by atoms with Gasteiger partial charge in [-0.05, 0) is 49.4 Å². The maximum Gasteiger partial charge on any atom is 0.0537 e. The van der Waals surface area contributed by atoms with E-state index in [2.05, 4.69) is 39.0 Å². The lowest BCUT2D eigenvalue weighted by Crippen LogP contribution is -2.30. The van der Waals surface area contributed by atoms with Gasteiger partial charge >= 0.3 is 0 Å². The molecule has 1 unspecified atom stereocenters. The smallest absolute Gasteiger partial charge is 0.0537 e. The monoisotopic (exact) mass is 277 g/mol. The molecule has 0 radical (unpaired) electrons. The van der Waals surface area contributed by atoms with Gasteiger partial charge in [0.1, 0.15) is 0 Å². The van der Waals surface area contributed by atoms with Gasteiger partial charge in [-0.1, -0.05) is 27.7 Å². The van der Waals surface area contributed by atoms with Crippen LogP contribution < -0.4 is 5.73 Å². The molecule has 2 N–H and O–H groups in total. The molecule has 3 heteroatoms. The lowest BCUT2D eigenvalue weighted by Gasteiger charge is -2.38. The van der Waals surface area contributed by atoms with E-state index in [1.54, 1.807) is 0 Å². The van der Waals surface area contributed by atoms with E-state index in [1.165, 1.54) is 31.2 Å². The molecule has 1 saturated carbocycles. The Kier molecular flexibility index (Phi) is 4.90. The van der Waals surface area contributed by atoms with Crippen LogP contribution in [0.15, 0.2) is 12.4 Å². The zero-order valence-electron chi connectivity index (χ0n) is 13.6. The minimum atomic E-state index is 0.168. The average Bonchev–Trinajstić information content (AvgIpc) is 2.86. The average molecular weight is 277 g/mol. The summed E-state index contributed by atoms with van der Waals surface area (Å²) in [7, 11) is 0. The molecule has 2 rings (SSSR count). The van der Waals surface area contributed by atoms with Gasteiger partial charge in [-0.15, -0.1) is 0 Å². The number of rotatable bonds is 4. The Morgan fingerprint density at radius 2 is 1.95 bits per heavy atom. The summed E-state index contributed by atoms with van der Waals surface area (Å²) in [5.41, 5.74) is 8.15. The standard InChI is InChI=1S/C17H31N3/c1-5-10-20-12-14(11-19-20)16(18)13-6-8-15(9-7-13)17(2,3)4/h11-13,15-16H,5-10,18H2,1-4H3. The van der Waals surface area contributed by atoms with Crippen LogP contribution in [0.2, 0.25) is 0 Å². The van der Waals surface area contributed by atoms with Gasteiger partial charge in [0.15, 0.2) is 0 Å². The number of hydrogen-bond acceptors (Lipinski definition) is 2. The van der Waals surface area contributed by atoms with Gasteiger partial charge in [0.05, 0.1) is 6.20 Å². The molecule has 1 aliphatic rings. The van der Waals surface area contributed by atoms with E-state index in [0.717, 1.165) is 18.9 Å². The van der Waals surface area contributed by atoms with Crippen LogP contribution in [0.3, 0.4) is 0 Å². The Hall–Kier alpha value is -0.830. The zero-order chi connectivity index (χ0) is 14.8. The molecular formula is C17H31N3. The highest BCUT2D eigenvalue weighted by Crippen LogP contribution is 2.42. The molecule has 1 atom stereocenters. The molecule has 0 bridgehead atoms. The van der Waals surface area contributed by atoms with E-state index in [0.29, 0.717) is 11.3 Å². The number of nitrogens with two attached hydrogens (primary N) is 1. The highest BCUT2D eigenvalue weighted by Gasteiger charge is 2.32. The van der Waals surface area contributed by atoms with Gasteiger partial charge in [-0.3, -0.25) is 4.68 Å². The highest BCUT2D eigenvalue weighted by atomic mass is 15.3. The van der Waals surface area contributed by atoms with Gasteiger partial charge in [0.2, 0.25) is 0 Å². The predicted molar refractivity (Wildman–Crippen MR) is 84.3 cm³/mol. The third-order valence-electron chi connectivity index (χ3n) is 5.00. The van der Waals surface area contributed by atoms with Crippen molar-refractivity contribution in [3.05, 3.63) is 18.0 Å². The Morgan fingerprint density at radius 3 is 2.50 bits per heavy atom. The molecule has 3 nitrogen and oxygen atoms in total. The number of aryl methyl sites for hydroxylation is 1. The first-order valence-electron chi connectivity index (χ1n) is 8.19. The van der Waals surface area contributed by atoms with Crippen molar-refractivity contribution in [1.82, 2.24) is 9.78 Å². The van der Waals surface area contributed by atoms with Crippen molar-refractivity contribution >= 4 is 0 Å². The molecule has 0 aromatic carbocycles. The summed E-state index contributed by atoms with van der Waals surface area (Å²) in [6.45, 7) is 10.3. The fraction of sp³-hybridized carbons (Fsp3) is 0.824. The lowest BCUT2D eigenvalue weighted by molar-refractivity contribution is 0.139. The molecule has 114 valence electrons. The number of nitrogens with zero attached hydrogens (tertiary/aromatic N) is 2. The fourth-order valence-corrected chi connectivity index (χ4v) is 3.52. The third-order valence-corrected chi connectivity index (χ3v) is 5.00. The SMILES string of the molecule is CCCn1cc(C(N)C2CCC(C(C)(C)C)CC2)cn1. The van der Waals surface area contributed by atoms with Crippen LogP contribution in [0.1, 0.15) is 71.4 Å². The highest BCUT2D eigenvalue weighted by molar-refractivity contribution is 5.11. The van der Waals surface area contributed by atoms with E-state index in [1.807, 2.05) is 10.9 Å². The summed E-state index contributed by atoms with van der Waals surface area (Å²) in [4.78, 5) is 0. The minimum Gasteiger partial charge on any atom is -0.324 e. The normalized spacial score (nSPS) is 25.6. The molecule has 1 fully saturated rings. The molecule has 1 aromatic rings. The van der Waals surface area contributed by atoms with Crippen molar-refractivity contribution in [2.45, 2.75) is 72.4 Å². The molecular weight excluding hydrogens is 246 g/mol. The van der Waals surface area contributed by atoms with E-state index in [-0.39, 0.29) is 6.04 Å². The largest absolute Gasteiger partial charge is 0.324 e. The maximum atomic E-state index is 6.48. The zero-order valence-corrected chi connectivity index (χ0v) is 13.6. The van der Waals surface area contributed by atoms with Crippen LogP contribution >= 0.6 is 0 Å². The van der Waals surface area contributed by atoms with Crippen molar-refractivity contribution in [2.75, 3.05) is 0 Å². The van der Waals surface area contributed by atoms with Crippen molar-refractivity contribution in [3.8, 4) is 0 Å². The minimum absolute atomic E-state index is 0.168. The van der Waals surface area contributed by atoms with E-state index in [9.17, 15) is 0 Å². The second kappa shape index (κ2) is 6.30. The molecule has 20 heavy (non-hydrogen) atoms.